The van der Waals surface area contributed by atoms with E-state index in [4.69, 9.17) is 4.74 Å². The standard InChI is InChI=1S/C23H30O2/c1-8-15(2)20(21-16(3)10-9-13-23(21,5)6)19-12-11-18(14-17(19)4)22(24)25-7/h8,11-12,14H,1,9-10,13H2,2-7H3. The fourth-order valence-electron chi connectivity index (χ4n) is 4.01. The van der Waals surface area contributed by atoms with Gasteiger partial charge in [-0.3, -0.25) is 0 Å². The summed E-state index contributed by atoms with van der Waals surface area (Å²) in [6.07, 6.45) is 5.51. The molecule has 0 aliphatic heterocycles. The lowest BCUT2D eigenvalue weighted by Crippen LogP contribution is -2.22. The summed E-state index contributed by atoms with van der Waals surface area (Å²) in [6, 6.07) is 5.83. The first kappa shape index (κ1) is 19.2. The molecule has 134 valence electrons. The molecule has 25 heavy (non-hydrogen) atoms. The number of benzene rings is 1. The van der Waals surface area contributed by atoms with Crippen molar-refractivity contribution in [3.63, 3.8) is 0 Å². The van der Waals surface area contributed by atoms with E-state index >= 15 is 0 Å². The van der Waals surface area contributed by atoms with Crippen molar-refractivity contribution < 1.29 is 9.53 Å². The van der Waals surface area contributed by atoms with Crippen LogP contribution in [0.2, 0.25) is 0 Å². The number of allylic oxidation sites excluding steroid dienone is 5. The van der Waals surface area contributed by atoms with Crippen LogP contribution < -0.4 is 0 Å². The zero-order valence-electron chi connectivity index (χ0n) is 16.5. The summed E-state index contributed by atoms with van der Waals surface area (Å²) in [7, 11) is 1.41. The van der Waals surface area contributed by atoms with E-state index in [0.29, 0.717) is 5.56 Å². The molecule has 0 fully saturated rings. The minimum Gasteiger partial charge on any atom is -0.465 e. The molecule has 2 nitrogen and oxygen atoms in total. The Labute approximate surface area is 152 Å². The average Bonchev–Trinajstić information content (AvgIpc) is 2.57. The van der Waals surface area contributed by atoms with Crippen LogP contribution in [0.4, 0.5) is 0 Å². The van der Waals surface area contributed by atoms with E-state index in [1.807, 2.05) is 18.2 Å². The Morgan fingerprint density at radius 1 is 1.28 bits per heavy atom. The fraction of sp³-hybridized carbons (Fsp3) is 0.435. The van der Waals surface area contributed by atoms with Crippen LogP contribution in [0.15, 0.2) is 47.6 Å². The number of carbonyl (C=O) groups excluding carboxylic acids is 1. The van der Waals surface area contributed by atoms with Gasteiger partial charge in [0.1, 0.15) is 0 Å². The molecule has 0 spiro atoms. The Balaban J connectivity index is 2.70. The van der Waals surface area contributed by atoms with Gasteiger partial charge in [0.25, 0.3) is 0 Å². The van der Waals surface area contributed by atoms with Crippen LogP contribution in [0.25, 0.3) is 5.57 Å². The van der Waals surface area contributed by atoms with E-state index in [1.54, 1.807) is 0 Å². The summed E-state index contributed by atoms with van der Waals surface area (Å²) < 4.78 is 4.85. The molecule has 1 aromatic rings. The van der Waals surface area contributed by atoms with Crippen LogP contribution >= 0.6 is 0 Å². The van der Waals surface area contributed by atoms with Gasteiger partial charge in [-0.25, -0.2) is 4.79 Å². The summed E-state index contributed by atoms with van der Waals surface area (Å²) in [5.74, 6) is -0.297. The Kier molecular flexibility index (Phi) is 5.72. The van der Waals surface area contributed by atoms with Gasteiger partial charge in [-0.2, -0.15) is 0 Å². The van der Waals surface area contributed by atoms with Crippen molar-refractivity contribution in [3.8, 4) is 0 Å². The molecule has 0 heterocycles. The van der Waals surface area contributed by atoms with Crippen LogP contribution in [0, 0.1) is 12.3 Å². The molecule has 0 saturated heterocycles. The molecule has 0 bridgehead atoms. The first-order chi connectivity index (χ1) is 11.7. The summed E-state index contributed by atoms with van der Waals surface area (Å²) in [5, 5.41) is 0. The van der Waals surface area contributed by atoms with Crippen LogP contribution in [-0.2, 0) is 4.74 Å². The molecule has 0 saturated carbocycles. The fourth-order valence-corrected chi connectivity index (χ4v) is 4.01. The number of hydrogen-bond donors (Lipinski definition) is 0. The van der Waals surface area contributed by atoms with Gasteiger partial charge < -0.3 is 4.74 Å². The van der Waals surface area contributed by atoms with Gasteiger partial charge in [0.15, 0.2) is 0 Å². The molecular formula is C23H30O2. The van der Waals surface area contributed by atoms with Crippen molar-refractivity contribution in [1.29, 1.82) is 0 Å². The van der Waals surface area contributed by atoms with Gasteiger partial charge in [-0.1, -0.05) is 38.1 Å². The Morgan fingerprint density at radius 3 is 2.48 bits per heavy atom. The van der Waals surface area contributed by atoms with E-state index < -0.39 is 0 Å². The summed E-state index contributed by atoms with van der Waals surface area (Å²) in [6.45, 7) is 15.1. The summed E-state index contributed by atoms with van der Waals surface area (Å²) in [5.41, 5.74) is 8.33. The second-order valence-corrected chi connectivity index (χ2v) is 7.68. The van der Waals surface area contributed by atoms with Crippen molar-refractivity contribution in [2.75, 3.05) is 7.11 Å². The maximum absolute atomic E-state index is 11.8. The molecule has 2 rings (SSSR count). The summed E-state index contributed by atoms with van der Waals surface area (Å²) in [4.78, 5) is 11.8. The predicted octanol–water partition coefficient (Wildman–Crippen LogP) is 6.27. The van der Waals surface area contributed by atoms with Crippen molar-refractivity contribution >= 4 is 11.5 Å². The van der Waals surface area contributed by atoms with Crippen molar-refractivity contribution in [1.82, 2.24) is 0 Å². The SMILES string of the molecule is C=CC(C)=C(C1=C(C)CCCC1(C)C)c1ccc(C(=O)OC)cc1C. The van der Waals surface area contributed by atoms with Crippen LogP contribution in [-0.4, -0.2) is 13.1 Å². The van der Waals surface area contributed by atoms with Crippen LogP contribution in [0.1, 0.15) is 68.4 Å². The third-order valence-corrected chi connectivity index (χ3v) is 5.32. The van der Waals surface area contributed by atoms with E-state index in [2.05, 4.69) is 47.3 Å². The van der Waals surface area contributed by atoms with Gasteiger partial charge in [0, 0.05) is 0 Å². The van der Waals surface area contributed by atoms with Crippen LogP contribution in [0.3, 0.4) is 0 Å². The Morgan fingerprint density at radius 2 is 1.96 bits per heavy atom. The number of methoxy groups -OCH3 is 1. The largest absolute Gasteiger partial charge is 0.465 e. The third kappa shape index (κ3) is 3.78. The predicted molar refractivity (Wildman–Crippen MR) is 106 cm³/mol. The monoisotopic (exact) mass is 338 g/mol. The van der Waals surface area contributed by atoms with E-state index in [1.165, 1.54) is 47.8 Å². The average molecular weight is 338 g/mol. The number of rotatable bonds is 4. The third-order valence-electron chi connectivity index (χ3n) is 5.32. The minimum absolute atomic E-state index is 0.134. The van der Waals surface area contributed by atoms with Gasteiger partial charge in [-0.15, -0.1) is 0 Å². The highest BCUT2D eigenvalue weighted by Gasteiger charge is 2.32. The van der Waals surface area contributed by atoms with Crippen LogP contribution in [0.5, 0.6) is 0 Å². The molecule has 0 N–H and O–H groups in total. The summed E-state index contributed by atoms with van der Waals surface area (Å²) >= 11 is 0. The number of carbonyl (C=O) groups is 1. The smallest absolute Gasteiger partial charge is 0.337 e. The lowest BCUT2D eigenvalue weighted by molar-refractivity contribution is 0.0600. The van der Waals surface area contributed by atoms with Gasteiger partial charge in [-0.05, 0) is 85.4 Å². The number of ether oxygens (including phenoxy) is 1. The molecular weight excluding hydrogens is 308 g/mol. The zero-order chi connectivity index (χ0) is 18.8. The van der Waals surface area contributed by atoms with E-state index in [0.717, 1.165) is 12.0 Å². The minimum atomic E-state index is -0.297. The van der Waals surface area contributed by atoms with Crippen molar-refractivity contribution in [3.05, 3.63) is 64.3 Å². The second kappa shape index (κ2) is 7.43. The van der Waals surface area contributed by atoms with Gasteiger partial charge >= 0.3 is 5.97 Å². The maximum atomic E-state index is 11.8. The number of hydrogen-bond acceptors (Lipinski definition) is 2. The topological polar surface area (TPSA) is 26.3 Å². The Hall–Kier alpha value is -2.09. The van der Waals surface area contributed by atoms with E-state index in [9.17, 15) is 4.79 Å². The molecule has 1 aromatic carbocycles. The molecule has 2 heteroatoms. The normalized spacial score (nSPS) is 17.8. The highest BCUT2D eigenvalue weighted by atomic mass is 16.5. The molecule has 0 unspecified atom stereocenters. The first-order valence-corrected chi connectivity index (χ1v) is 8.96. The second-order valence-electron chi connectivity index (χ2n) is 7.68. The molecule has 1 aliphatic rings. The molecule has 1 aliphatic carbocycles. The zero-order valence-corrected chi connectivity index (χ0v) is 16.5. The first-order valence-electron chi connectivity index (χ1n) is 8.96. The highest BCUT2D eigenvalue weighted by Crippen LogP contribution is 2.48. The maximum Gasteiger partial charge on any atom is 0.337 e. The molecule has 0 amide bonds. The molecule has 0 aromatic heterocycles. The lowest BCUT2D eigenvalue weighted by atomic mass is 9.67. The van der Waals surface area contributed by atoms with Gasteiger partial charge in [0.2, 0.25) is 0 Å². The number of esters is 1. The number of aryl methyl sites for hydroxylation is 1. The molecule has 0 radical (unpaired) electrons. The highest BCUT2D eigenvalue weighted by molar-refractivity contribution is 5.92. The Bertz CT molecular complexity index is 760. The quantitative estimate of drug-likeness (QED) is 0.478. The van der Waals surface area contributed by atoms with E-state index in [-0.39, 0.29) is 11.4 Å². The van der Waals surface area contributed by atoms with Crippen molar-refractivity contribution in [2.45, 2.75) is 53.9 Å². The molecule has 0 atom stereocenters. The van der Waals surface area contributed by atoms with Gasteiger partial charge in [0.05, 0.1) is 12.7 Å². The lowest BCUT2D eigenvalue weighted by Gasteiger charge is -2.37. The van der Waals surface area contributed by atoms with Crippen molar-refractivity contribution in [2.24, 2.45) is 5.41 Å².